The molecule has 4 heteroatoms. The summed E-state index contributed by atoms with van der Waals surface area (Å²) in [7, 11) is -2.70. The van der Waals surface area contributed by atoms with Gasteiger partial charge in [-0.15, -0.1) is 0 Å². The van der Waals surface area contributed by atoms with Crippen LogP contribution in [-0.2, 0) is 10.7 Å². The Labute approximate surface area is 59.9 Å². The van der Waals surface area contributed by atoms with Gasteiger partial charge in [-0.2, -0.15) is 0 Å². The molecule has 1 rings (SSSR count). The van der Waals surface area contributed by atoms with E-state index in [1.807, 2.05) is 0 Å². The first-order chi connectivity index (χ1) is 4.72. The van der Waals surface area contributed by atoms with Crippen LogP contribution >= 0.6 is 0 Å². The lowest BCUT2D eigenvalue weighted by Crippen LogP contribution is -1.79. The van der Waals surface area contributed by atoms with Crippen molar-refractivity contribution in [3.63, 3.8) is 0 Å². The fraction of sp³-hybridized carbons (Fsp3) is 0. The van der Waals surface area contributed by atoms with Crippen molar-refractivity contribution < 1.29 is 13.5 Å². The molecule has 1 aromatic carbocycles. The van der Waals surface area contributed by atoms with E-state index in [9.17, 15) is 8.42 Å². The summed E-state index contributed by atoms with van der Waals surface area (Å²) >= 11 is 0. The van der Waals surface area contributed by atoms with Crippen molar-refractivity contribution in [3.05, 3.63) is 24.3 Å². The molecule has 0 aliphatic carbocycles. The Bertz CT molecular complexity index is 296. The van der Waals surface area contributed by atoms with Gasteiger partial charge in [0.2, 0.25) is 0 Å². The minimum Gasteiger partial charge on any atom is -0.507 e. The largest absolute Gasteiger partial charge is 0.507 e. The minimum atomic E-state index is -2.70. The molecule has 0 fully saturated rings. The summed E-state index contributed by atoms with van der Waals surface area (Å²) in [5.74, 6) is -0.227. The van der Waals surface area contributed by atoms with E-state index in [0.29, 0.717) is 0 Å². The first-order valence-electron chi connectivity index (χ1n) is 2.55. The molecule has 0 amide bonds. The van der Waals surface area contributed by atoms with E-state index in [4.69, 9.17) is 5.11 Å². The van der Waals surface area contributed by atoms with Crippen molar-refractivity contribution >= 4 is 10.7 Å². The van der Waals surface area contributed by atoms with Crippen molar-refractivity contribution in [2.45, 2.75) is 4.90 Å². The van der Waals surface area contributed by atoms with Gasteiger partial charge in [0.1, 0.15) is 10.6 Å². The molecular weight excluding hydrogens is 152 g/mol. The highest BCUT2D eigenvalue weighted by molar-refractivity contribution is 7.72. The van der Waals surface area contributed by atoms with Gasteiger partial charge in [0.05, 0.1) is 0 Å². The molecule has 0 unspecified atom stereocenters. The van der Waals surface area contributed by atoms with Gasteiger partial charge in [-0.3, -0.25) is 0 Å². The summed E-state index contributed by atoms with van der Waals surface area (Å²) in [5, 5.41) is 8.88. The van der Waals surface area contributed by atoms with Gasteiger partial charge in [-0.05, 0) is 18.2 Å². The van der Waals surface area contributed by atoms with Crippen molar-refractivity contribution in [3.8, 4) is 5.75 Å². The number of phenolic OH excluding ortho intramolecular Hbond substituents is 1. The molecule has 0 saturated heterocycles. The van der Waals surface area contributed by atoms with E-state index < -0.39 is 10.7 Å². The molecular formula is C6H5O3S. The molecule has 1 radical (unpaired) electrons. The molecule has 0 aromatic heterocycles. The van der Waals surface area contributed by atoms with Crippen LogP contribution in [-0.4, -0.2) is 13.5 Å². The number of thiol groups is 1. The summed E-state index contributed by atoms with van der Waals surface area (Å²) in [5.41, 5.74) is 0. The third-order valence-electron chi connectivity index (χ3n) is 1.02. The van der Waals surface area contributed by atoms with Crippen LogP contribution in [0.3, 0.4) is 0 Å². The molecule has 53 valence electrons. The van der Waals surface area contributed by atoms with E-state index in [1.54, 1.807) is 0 Å². The quantitative estimate of drug-likeness (QED) is 0.571. The van der Waals surface area contributed by atoms with Crippen molar-refractivity contribution in [1.82, 2.24) is 0 Å². The topological polar surface area (TPSA) is 54.4 Å². The zero-order valence-corrected chi connectivity index (χ0v) is 5.84. The number of phenols is 1. The van der Waals surface area contributed by atoms with Crippen LogP contribution < -0.4 is 0 Å². The molecule has 0 bridgehead atoms. The highest BCUT2D eigenvalue weighted by atomic mass is 32.2. The molecule has 0 atom stereocenters. The zero-order chi connectivity index (χ0) is 7.56. The molecule has 0 aliphatic rings. The van der Waals surface area contributed by atoms with Crippen LogP contribution in [0.1, 0.15) is 0 Å². The number of benzene rings is 1. The van der Waals surface area contributed by atoms with Crippen molar-refractivity contribution in [1.29, 1.82) is 0 Å². The Morgan fingerprint density at radius 2 is 2.20 bits per heavy atom. The average Bonchev–Trinajstić information content (AvgIpc) is 1.88. The smallest absolute Gasteiger partial charge is 0.171 e. The Kier molecular flexibility index (Phi) is 1.91. The normalized spacial score (nSPS) is 10.1. The van der Waals surface area contributed by atoms with E-state index >= 15 is 0 Å². The first-order valence-corrected chi connectivity index (χ1v) is 3.73. The van der Waals surface area contributed by atoms with Gasteiger partial charge in [0, 0.05) is 0 Å². The summed E-state index contributed by atoms with van der Waals surface area (Å²) in [6, 6.07) is 6.48. The molecule has 0 heterocycles. The lowest BCUT2D eigenvalue weighted by atomic mass is 10.3. The molecule has 1 aromatic rings. The third kappa shape index (κ3) is 1.27. The molecule has 0 saturated carbocycles. The van der Waals surface area contributed by atoms with Crippen molar-refractivity contribution in [2.24, 2.45) is 0 Å². The van der Waals surface area contributed by atoms with Crippen LogP contribution in [0.4, 0.5) is 0 Å². The second-order valence-corrected chi connectivity index (χ2v) is 2.67. The Hall–Kier alpha value is -1.03. The maximum atomic E-state index is 10.3. The van der Waals surface area contributed by atoms with Gasteiger partial charge in [0.15, 0.2) is 10.7 Å². The molecule has 3 nitrogen and oxygen atoms in total. The standard InChI is InChI=1S/C6H5O3S/c7-5-3-1-2-4-6(5)10(8)9/h1,3-4,7,10H. The van der Waals surface area contributed by atoms with Gasteiger partial charge < -0.3 is 5.11 Å². The molecule has 10 heavy (non-hydrogen) atoms. The first kappa shape index (κ1) is 7.08. The SMILES string of the molecule is O=[SH](=O)c1c[c]ccc1O. The summed E-state index contributed by atoms with van der Waals surface area (Å²) < 4.78 is 20.6. The van der Waals surface area contributed by atoms with Gasteiger partial charge in [0.25, 0.3) is 0 Å². The second-order valence-electron chi connectivity index (χ2n) is 1.67. The maximum Gasteiger partial charge on any atom is 0.171 e. The van der Waals surface area contributed by atoms with Crippen LogP contribution in [0.5, 0.6) is 5.75 Å². The number of hydrogen-bond donors (Lipinski definition) is 2. The predicted molar refractivity (Wildman–Crippen MR) is 35.5 cm³/mol. The summed E-state index contributed by atoms with van der Waals surface area (Å²) in [4.78, 5) is -0.0856. The fourth-order valence-electron chi connectivity index (χ4n) is 0.560. The molecule has 1 N–H and O–H groups in total. The van der Waals surface area contributed by atoms with E-state index in [1.165, 1.54) is 18.2 Å². The number of aromatic hydroxyl groups is 1. The number of rotatable bonds is 1. The maximum absolute atomic E-state index is 10.3. The lowest BCUT2D eigenvalue weighted by Gasteiger charge is -1.91. The summed E-state index contributed by atoms with van der Waals surface area (Å²) in [6.07, 6.45) is 0. The van der Waals surface area contributed by atoms with Crippen LogP contribution in [0.25, 0.3) is 0 Å². The van der Waals surface area contributed by atoms with E-state index in [-0.39, 0.29) is 10.6 Å². The average molecular weight is 157 g/mol. The van der Waals surface area contributed by atoms with Gasteiger partial charge in [-0.25, -0.2) is 8.42 Å². The lowest BCUT2D eigenvalue weighted by molar-refractivity contribution is 0.460. The minimum absolute atomic E-state index is 0.0856. The highest BCUT2D eigenvalue weighted by Gasteiger charge is 1.98. The fourth-order valence-corrected chi connectivity index (χ4v) is 1.00. The van der Waals surface area contributed by atoms with E-state index in [0.717, 1.165) is 0 Å². The molecule has 0 spiro atoms. The Morgan fingerprint density at radius 1 is 1.50 bits per heavy atom. The van der Waals surface area contributed by atoms with Crippen LogP contribution in [0, 0.1) is 6.07 Å². The molecule has 0 aliphatic heterocycles. The van der Waals surface area contributed by atoms with Gasteiger partial charge >= 0.3 is 0 Å². The zero-order valence-electron chi connectivity index (χ0n) is 4.94. The van der Waals surface area contributed by atoms with Crippen LogP contribution in [0.15, 0.2) is 23.1 Å². The third-order valence-corrected chi connectivity index (χ3v) is 1.77. The Balaban J connectivity index is 3.28. The van der Waals surface area contributed by atoms with E-state index in [2.05, 4.69) is 6.07 Å². The van der Waals surface area contributed by atoms with Gasteiger partial charge in [-0.1, -0.05) is 6.07 Å². The van der Waals surface area contributed by atoms with Crippen LogP contribution in [0.2, 0.25) is 0 Å². The predicted octanol–water partition coefficient (Wildman–Crippen LogP) is 0.163. The number of hydrogen-bond acceptors (Lipinski definition) is 3. The summed E-state index contributed by atoms with van der Waals surface area (Å²) in [6.45, 7) is 0. The Morgan fingerprint density at radius 3 is 2.60 bits per heavy atom. The second kappa shape index (κ2) is 2.70. The highest BCUT2D eigenvalue weighted by Crippen LogP contribution is 2.15. The van der Waals surface area contributed by atoms with Crippen molar-refractivity contribution in [2.75, 3.05) is 0 Å². The monoisotopic (exact) mass is 157 g/mol.